The van der Waals surface area contributed by atoms with Crippen LogP contribution in [-0.4, -0.2) is 19.6 Å². The maximum absolute atomic E-state index is 11.5. The number of hydrogen-bond acceptors (Lipinski definition) is 3. The first kappa shape index (κ1) is 15.1. The van der Waals surface area contributed by atoms with Crippen LogP contribution in [0.3, 0.4) is 0 Å². The fourth-order valence-electron chi connectivity index (χ4n) is 2.06. The number of rotatable bonds is 6. The third kappa shape index (κ3) is 4.93. The molecule has 0 heterocycles. The number of benzene rings is 2. The van der Waals surface area contributed by atoms with Crippen LogP contribution in [0.25, 0.3) is 0 Å². The van der Waals surface area contributed by atoms with Crippen LogP contribution in [0.15, 0.2) is 48.5 Å². The Morgan fingerprint density at radius 1 is 1.10 bits per heavy atom. The Bertz CT molecular complexity index is 611. The van der Waals surface area contributed by atoms with Crippen molar-refractivity contribution in [2.45, 2.75) is 13.5 Å². The van der Waals surface area contributed by atoms with E-state index in [1.807, 2.05) is 30.3 Å². The molecule has 0 saturated carbocycles. The van der Waals surface area contributed by atoms with Gasteiger partial charge in [-0.05, 0) is 30.7 Å². The Morgan fingerprint density at radius 2 is 1.86 bits per heavy atom. The molecule has 0 aromatic heterocycles. The number of aryl methyl sites for hydroxylation is 1. The molecule has 1 amide bonds. The van der Waals surface area contributed by atoms with Gasteiger partial charge in [0.05, 0.1) is 0 Å². The van der Waals surface area contributed by atoms with Crippen LogP contribution in [0.2, 0.25) is 0 Å². The fourth-order valence-corrected chi connectivity index (χ4v) is 2.06. The molecule has 0 atom stereocenters. The van der Waals surface area contributed by atoms with Crippen molar-refractivity contribution < 1.29 is 9.53 Å². The van der Waals surface area contributed by atoms with Crippen molar-refractivity contribution in [3.05, 3.63) is 59.7 Å². The van der Waals surface area contributed by atoms with Gasteiger partial charge in [-0.1, -0.05) is 35.9 Å². The van der Waals surface area contributed by atoms with E-state index in [1.54, 1.807) is 0 Å². The van der Waals surface area contributed by atoms with Crippen LogP contribution in [0, 0.1) is 6.92 Å². The van der Waals surface area contributed by atoms with Crippen LogP contribution < -0.4 is 10.6 Å². The van der Waals surface area contributed by atoms with Gasteiger partial charge in [0.15, 0.2) is 0 Å². The minimum Gasteiger partial charge on any atom is -0.381 e. The summed E-state index contributed by atoms with van der Waals surface area (Å²) in [6.07, 6.45) is 0. The molecule has 0 radical (unpaired) electrons. The van der Waals surface area contributed by atoms with E-state index in [0.29, 0.717) is 0 Å². The smallest absolute Gasteiger partial charge is 0.250 e. The lowest BCUT2D eigenvalue weighted by Crippen LogP contribution is -2.17. The first-order valence-electron chi connectivity index (χ1n) is 6.85. The molecule has 2 aromatic rings. The molecule has 0 unspecified atom stereocenters. The zero-order valence-electron chi connectivity index (χ0n) is 12.3. The van der Waals surface area contributed by atoms with E-state index in [2.05, 4.69) is 35.8 Å². The van der Waals surface area contributed by atoms with Gasteiger partial charge in [-0.15, -0.1) is 0 Å². The number of nitrogens with one attached hydrogen (secondary N) is 2. The lowest BCUT2D eigenvalue weighted by atomic mass is 10.1. The van der Waals surface area contributed by atoms with Crippen LogP contribution in [0.4, 0.5) is 11.4 Å². The van der Waals surface area contributed by atoms with Crippen LogP contribution in [0.5, 0.6) is 0 Å². The van der Waals surface area contributed by atoms with Gasteiger partial charge in [-0.2, -0.15) is 0 Å². The lowest BCUT2D eigenvalue weighted by Gasteiger charge is -2.10. The average molecular weight is 284 g/mol. The maximum atomic E-state index is 11.5. The highest BCUT2D eigenvalue weighted by Crippen LogP contribution is 2.16. The Kier molecular flexibility index (Phi) is 5.35. The molecule has 0 saturated heterocycles. The summed E-state index contributed by atoms with van der Waals surface area (Å²) in [5.74, 6) is -0.159. The van der Waals surface area contributed by atoms with Crippen molar-refractivity contribution in [3.8, 4) is 0 Å². The lowest BCUT2D eigenvalue weighted by molar-refractivity contribution is -0.119. The summed E-state index contributed by atoms with van der Waals surface area (Å²) < 4.78 is 4.79. The number of carbonyl (C=O) groups excluding carboxylic acids is 1. The molecular weight excluding hydrogens is 264 g/mol. The quantitative estimate of drug-likeness (QED) is 0.856. The predicted molar refractivity (Wildman–Crippen MR) is 85.5 cm³/mol. The topological polar surface area (TPSA) is 50.4 Å². The van der Waals surface area contributed by atoms with Gasteiger partial charge in [0.1, 0.15) is 6.61 Å². The molecule has 0 aliphatic heterocycles. The SMILES string of the molecule is COCC(=O)Nc1cccc(NCc2cccc(C)c2)c1. The maximum Gasteiger partial charge on any atom is 0.250 e. The van der Waals surface area contributed by atoms with Gasteiger partial charge in [0, 0.05) is 25.0 Å². The summed E-state index contributed by atoms with van der Waals surface area (Å²) >= 11 is 0. The van der Waals surface area contributed by atoms with Gasteiger partial charge in [0.25, 0.3) is 0 Å². The number of ether oxygens (including phenoxy) is 1. The molecule has 0 fully saturated rings. The largest absolute Gasteiger partial charge is 0.381 e. The van der Waals surface area contributed by atoms with Crippen molar-refractivity contribution >= 4 is 17.3 Å². The molecule has 0 aliphatic carbocycles. The van der Waals surface area contributed by atoms with E-state index < -0.39 is 0 Å². The zero-order valence-corrected chi connectivity index (χ0v) is 12.3. The number of carbonyl (C=O) groups is 1. The molecule has 0 spiro atoms. The van der Waals surface area contributed by atoms with E-state index in [9.17, 15) is 4.79 Å². The second-order valence-corrected chi connectivity index (χ2v) is 4.90. The van der Waals surface area contributed by atoms with E-state index >= 15 is 0 Å². The second-order valence-electron chi connectivity index (χ2n) is 4.90. The summed E-state index contributed by atoms with van der Waals surface area (Å²) in [5.41, 5.74) is 4.19. The molecule has 4 nitrogen and oxygen atoms in total. The Balaban J connectivity index is 1.96. The van der Waals surface area contributed by atoms with Gasteiger partial charge in [-0.3, -0.25) is 4.79 Å². The highest BCUT2D eigenvalue weighted by atomic mass is 16.5. The summed E-state index contributed by atoms with van der Waals surface area (Å²) in [6, 6.07) is 16.0. The van der Waals surface area contributed by atoms with Crippen molar-refractivity contribution in [2.24, 2.45) is 0 Å². The standard InChI is InChI=1S/C17H20N2O2/c1-13-5-3-6-14(9-13)11-18-15-7-4-8-16(10-15)19-17(20)12-21-2/h3-10,18H,11-12H2,1-2H3,(H,19,20). The van der Waals surface area contributed by atoms with Gasteiger partial charge in [0.2, 0.25) is 5.91 Å². The third-order valence-corrected chi connectivity index (χ3v) is 3.00. The molecule has 2 rings (SSSR count). The first-order valence-corrected chi connectivity index (χ1v) is 6.85. The van der Waals surface area contributed by atoms with Crippen LogP contribution in [0.1, 0.15) is 11.1 Å². The molecule has 0 aliphatic rings. The van der Waals surface area contributed by atoms with E-state index in [4.69, 9.17) is 4.74 Å². The van der Waals surface area contributed by atoms with Gasteiger partial charge < -0.3 is 15.4 Å². The summed E-state index contributed by atoms with van der Waals surface area (Å²) in [6.45, 7) is 2.88. The minimum atomic E-state index is -0.159. The third-order valence-electron chi connectivity index (χ3n) is 3.00. The van der Waals surface area contributed by atoms with Crippen molar-refractivity contribution in [1.29, 1.82) is 0 Å². The molecule has 21 heavy (non-hydrogen) atoms. The van der Waals surface area contributed by atoms with Crippen LogP contribution in [-0.2, 0) is 16.1 Å². The Morgan fingerprint density at radius 3 is 2.62 bits per heavy atom. The molecule has 2 N–H and O–H groups in total. The number of methoxy groups -OCH3 is 1. The van der Waals surface area contributed by atoms with E-state index in [-0.39, 0.29) is 12.5 Å². The predicted octanol–water partition coefficient (Wildman–Crippen LogP) is 3.19. The highest BCUT2D eigenvalue weighted by molar-refractivity contribution is 5.92. The number of amides is 1. The fraction of sp³-hybridized carbons (Fsp3) is 0.235. The summed E-state index contributed by atoms with van der Waals surface area (Å²) in [7, 11) is 1.50. The Labute approximate surface area is 125 Å². The molecular formula is C17H20N2O2. The average Bonchev–Trinajstić information content (AvgIpc) is 2.46. The van der Waals surface area contributed by atoms with Gasteiger partial charge >= 0.3 is 0 Å². The van der Waals surface area contributed by atoms with E-state index in [1.165, 1.54) is 18.2 Å². The van der Waals surface area contributed by atoms with Crippen LogP contribution >= 0.6 is 0 Å². The van der Waals surface area contributed by atoms with Gasteiger partial charge in [-0.25, -0.2) is 0 Å². The summed E-state index contributed by atoms with van der Waals surface area (Å²) in [4.78, 5) is 11.5. The molecule has 0 bridgehead atoms. The van der Waals surface area contributed by atoms with Crippen molar-refractivity contribution in [1.82, 2.24) is 0 Å². The molecule has 2 aromatic carbocycles. The molecule has 4 heteroatoms. The zero-order chi connectivity index (χ0) is 15.1. The number of hydrogen-bond donors (Lipinski definition) is 2. The monoisotopic (exact) mass is 284 g/mol. The summed E-state index contributed by atoms with van der Waals surface area (Å²) in [5, 5.41) is 6.14. The minimum absolute atomic E-state index is 0.0565. The van der Waals surface area contributed by atoms with Crippen molar-refractivity contribution in [2.75, 3.05) is 24.4 Å². The van der Waals surface area contributed by atoms with E-state index in [0.717, 1.165) is 17.9 Å². The Hall–Kier alpha value is -2.33. The second kappa shape index (κ2) is 7.45. The molecule has 110 valence electrons. The first-order chi connectivity index (χ1) is 10.2. The van der Waals surface area contributed by atoms with Crippen molar-refractivity contribution in [3.63, 3.8) is 0 Å². The normalized spacial score (nSPS) is 10.2. The highest BCUT2D eigenvalue weighted by Gasteiger charge is 2.02. The number of anilines is 2.